The largest absolute Gasteiger partial charge is 0.334 e. The minimum absolute atomic E-state index is 0.00130. The van der Waals surface area contributed by atoms with Crippen molar-refractivity contribution in [2.75, 3.05) is 6.54 Å². The zero-order valence-electron chi connectivity index (χ0n) is 9.88. The van der Waals surface area contributed by atoms with E-state index in [-0.39, 0.29) is 5.91 Å². The quantitative estimate of drug-likeness (QED) is 0.785. The molecule has 0 bridgehead atoms. The maximum absolute atomic E-state index is 12.3. The molecule has 0 aliphatic heterocycles. The highest BCUT2D eigenvalue weighted by Gasteiger charge is 2.34. The molecule has 3 heteroatoms. The summed E-state index contributed by atoms with van der Waals surface area (Å²) in [5.74, 6) is -0.00130. The summed E-state index contributed by atoms with van der Waals surface area (Å²) < 4.78 is 0. The van der Waals surface area contributed by atoms with E-state index >= 15 is 0 Å². The molecule has 17 heavy (non-hydrogen) atoms. The SMILES string of the molecule is C=CCN(C(=O)[C@@H](N)c1ccccc1)C1CC1. The van der Waals surface area contributed by atoms with Crippen LogP contribution in [-0.2, 0) is 4.79 Å². The predicted octanol–water partition coefficient (Wildman–Crippen LogP) is 1.86. The predicted molar refractivity (Wildman–Crippen MR) is 68.3 cm³/mol. The Bertz CT molecular complexity index is 398. The molecule has 2 N–H and O–H groups in total. The average Bonchev–Trinajstić information content (AvgIpc) is 3.19. The lowest BCUT2D eigenvalue weighted by Crippen LogP contribution is -2.40. The molecule has 1 aliphatic rings. The van der Waals surface area contributed by atoms with Crippen LogP contribution in [0.15, 0.2) is 43.0 Å². The van der Waals surface area contributed by atoms with Gasteiger partial charge in [-0.15, -0.1) is 6.58 Å². The van der Waals surface area contributed by atoms with E-state index in [9.17, 15) is 4.79 Å². The molecule has 0 radical (unpaired) electrons. The molecular formula is C14H18N2O. The van der Waals surface area contributed by atoms with Crippen molar-refractivity contribution in [2.45, 2.75) is 24.9 Å². The van der Waals surface area contributed by atoms with E-state index in [4.69, 9.17) is 5.73 Å². The molecular weight excluding hydrogens is 212 g/mol. The van der Waals surface area contributed by atoms with Crippen LogP contribution in [-0.4, -0.2) is 23.4 Å². The van der Waals surface area contributed by atoms with Gasteiger partial charge in [0.15, 0.2) is 0 Å². The fourth-order valence-corrected chi connectivity index (χ4v) is 1.93. The average molecular weight is 230 g/mol. The number of nitrogens with zero attached hydrogens (tertiary/aromatic N) is 1. The highest BCUT2D eigenvalue weighted by molar-refractivity contribution is 5.83. The third kappa shape index (κ3) is 2.74. The van der Waals surface area contributed by atoms with E-state index in [0.29, 0.717) is 12.6 Å². The number of carbonyl (C=O) groups is 1. The number of carbonyl (C=O) groups excluding carboxylic acids is 1. The van der Waals surface area contributed by atoms with Gasteiger partial charge >= 0.3 is 0 Å². The Morgan fingerprint density at radius 1 is 1.47 bits per heavy atom. The molecule has 0 saturated heterocycles. The molecule has 0 spiro atoms. The van der Waals surface area contributed by atoms with E-state index in [1.165, 1.54) is 0 Å². The van der Waals surface area contributed by atoms with Crippen molar-refractivity contribution in [2.24, 2.45) is 5.73 Å². The normalized spacial score (nSPS) is 16.3. The Morgan fingerprint density at radius 2 is 2.12 bits per heavy atom. The molecule has 1 saturated carbocycles. The monoisotopic (exact) mass is 230 g/mol. The third-order valence-corrected chi connectivity index (χ3v) is 3.02. The van der Waals surface area contributed by atoms with E-state index in [1.807, 2.05) is 35.2 Å². The number of rotatable bonds is 5. The molecule has 1 atom stereocenters. The highest BCUT2D eigenvalue weighted by Crippen LogP contribution is 2.28. The summed E-state index contributed by atoms with van der Waals surface area (Å²) in [6.07, 6.45) is 3.93. The summed E-state index contributed by atoms with van der Waals surface area (Å²) in [6, 6.07) is 9.31. The summed E-state index contributed by atoms with van der Waals surface area (Å²) in [4.78, 5) is 14.1. The summed E-state index contributed by atoms with van der Waals surface area (Å²) in [5, 5.41) is 0. The van der Waals surface area contributed by atoms with Gasteiger partial charge in [0.05, 0.1) is 0 Å². The van der Waals surface area contributed by atoms with Gasteiger partial charge in [-0.2, -0.15) is 0 Å². The Kier molecular flexibility index (Phi) is 3.59. The summed E-state index contributed by atoms with van der Waals surface area (Å²) in [5.41, 5.74) is 6.88. The van der Waals surface area contributed by atoms with Gasteiger partial charge in [-0.25, -0.2) is 0 Å². The molecule has 1 aromatic carbocycles. The smallest absolute Gasteiger partial charge is 0.244 e. The first-order valence-corrected chi connectivity index (χ1v) is 5.96. The first-order chi connectivity index (χ1) is 8.24. The van der Waals surface area contributed by atoms with Crippen LogP contribution in [0.4, 0.5) is 0 Å². The van der Waals surface area contributed by atoms with Crippen LogP contribution in [0.1, 0.15) is 24.4 Å². The Labute approximate surface area is 102 Å². The van der Waals surface area contributed by atoms with E-state index in [2.05, 4.69) is 6.58 Å². The van der Waals surface area contributed by atoms with Crippen molar-refractivity contribution in [3.63, 3.8) is 0 Å². The molecule has 1 fully saturated rings. The first kappa shape index (κ1) is 11.9. The van der Waals surface area contributed by atoms with Crippen molar-refractivity contribution >= 4 is 5.91 Å². The lowest BCUT2D eigenvalue weighted by atomic mass is 10.1. The molecule has 1 aliphatic carbocycles. The van der Waals surface area contributed by atoms with Gasteiger partial charge in [-0.1, -0.05) is 36.4 Å². The number of amides is 1. The van der Waals surface area contributed by atoms with Gasteiger partial charge in [-0.05, 0) is 18.4 Å². The van der Waals surface area contributed by atoms with Crippen molar-refractivity contribution in [3.8, 4) is 0 Å². The number of hydrogen-bond donors (Lipinski definition) is 1. The molecule has 3 nitrogen and oxygen atoms in total. The van der Waals surface area contributed by atoms with Crippen LogP contribution in [0, 0.1) is 0 Å². The van der Waals surface area contributed by atoms with Crippen LogP contribution < -0.4 is 5.73 Å². The van der Waals surface area contributed by atoms with Crippen LogP contribution in [0.25, 0.3) is 0 Å². The van der Waals surface area contributed by atoms with E-state index < -0.39 is 6.04 Å². The second kappa shape index (κ2) is 5.15. The van der Waals surface area contributed by atoms with Crippen molar-refractivity contribution in [3.05, 3.63) is 48.6 Å². The van der Waals surface area contributed by atoms with Crippen molar-refractivity contribution < 1.29 is 4.79 Å². The van der Waals surface area contributed by atoms with Crippen molar-refractivity contribution in [1.29, 1.82) is 0 Å². The van der Waals surface area contributed by atoms with Crippen molar-refractivity contribution in [1.82, 2.24) is 4.90 Å². The number of hydrogen-bond acceptors (Lipinski definition) is 2. The molecule has 1 amide bonds. The Hall–Kier alpha value is -1.61. The zero-order valence-corrected chi connectivity index (χ0v) is 9.88. The minimum Gasteiger partial charge on any atom is -0.334 e. The van der Waals surface area contributed by atoms with Gasteiger partial charge in [0.1, 0.15) is 6.04 Å². The standard InChI is InChI=1S/C14H18N2O/c1-2-10-16(12-8-9-12)14(17)13(15)11-6-4-3-5-7-11/h2-7,12-13H,1,8-10,15H2/t13-/m0/s1. The van der Waals surface area contributed by atoms with Gasteiger partial charge in [-0.3, -0.25) is 4.79 Å². The highest BCUT2D eigenvalue weighted by atomic mass is 16.2. The van der Waals surface area contributed by atoms with Gasteiger partial charge in [0.2, 0.25) is 5.91 Å². The minimum atomic E-state index is -0.559. The van der Waals surface area contributed by atoms with Crippen LogP contribution in [0.3, 0.4) is 0 Å². The molecule has 0 unspecified atom stereocenters. The molecule has 0 aromatic heterocycles. The number of nitrogens with two attached hydrogens (primary N) is 1. The van der Waals surface area contributed by atoms with Crippen LogP contribution in [0.5, 0.6) is 0 Å². The molecule has 1 aromatic rings. The van der Waals surface area contributed by atoms with E-state index in [1.54, 1.807) is 6.08 Å². The first-order valence-electron chi connectivity index (χ1n) is 5.96. The maximum Gasteiger partial charge on any atom is 0.244 e. The van der Waals surface area contributed by atoms with E-state index in [0.717, 1.165) is 18.4 Å². The van der Waals surface area contributed by atoms with Gasteiger partial charge in [0.25, 0.3) is 0 Å². The second-order valence-corrected chi connectivity index (χ2v) is 4.40. The summed E-state index contributed by atoms with van der Waals surface area (Å²) in [7, 11) is 0. The fraction of sp³-hybridized carbons (Fsp3) is 0.357. The Balaban J connectivity index is 2.10. The topological polar surface area (TPSA) is 46.3 Å². The summed E-state index contributed by atoms with van der Waals surface area (Å²) >= 11 is 0. The Morgan fingerprint density at radius 3 is 2.65 bits per heavy atom. The number of benzene rings is 1. The van der Waals surface area contributed by atoms with Gasteiger partial charge < -0.3 is 10.6 Å². The maximum atomic E-state index is 12.3. The lowest BCUT2D eigenvalue weighted by molar-refractivity contribution is -0.132. The molecule has 0 heterocycles. The van der Waals surface area contributed by atoms with Crippen LogP contribution in [0.2, 0.25) is 0 Å². The zero-order chi connectivity index (χ0) is 12.3. The second-order valence-electron chi connectivity index (χ2n) is 4.40. The summed E-state index contributed by atoms with van der Waals surface area (Å²) in [6.45, 7) is 4.28. The molecule has 2 rings (SSSR count). The fourth-order valence-electron chi connectivity index (χ4n) is 1.93. The third-order valence-electron chi connectivity index (χ3n) is 3.02. The lowest BCUT2D eigenvalue weighted by Gasteiger charge is -2.24. The van der Waals surface area contributed by atoms with Crippen LogP contribution >= 0.6 is 0 Å². The molecule has 90 valence electrons. The van der Waals surface area contributed by atoms with Gasteiger partial charge in [0, 0.05) is 12.6 Å².